The van der Waals surface area contributed by atoms with Gasteiger partial charge in [0, 0.05) is 29.1 Å². The largest absolute Gasteiger partial charge is 0.497 e. The second-order valence-corrected chi connectivity index (χ2v) is 5.94. The highest BCUT2D eigenvalue weighted by atomic mass is 16.5. The van der Waals surface area contributed by atoms with Crippen molar-refractivity contribution < 1.29 is 14.3 Å². The maximum absolute atomic E-state index is 11.4. The predicted octanol–water partition coefficient (Wildman–Crippen LogP) is 3.74. The molecule has 0 saturated carbocycles. The van der Waals surface area contributed by atoms with Crippen molar-refractivity contribution in [1.82, 2.24) is 4.98 Å². The second-order valence-electron chi connectivity index (χ2n) is 5.94. The fourth-order valence-electron chi connectivity index (χ4n) is 2.68. The lowest BCUT2D eigenvalue weighted by atomic mass is 10.00. The van der Waals surface area contributed by atoms with Crippen LogP contribution in [0.15, 0.2) is 60.9 Å². The van der Waals surface area contributed by atoms with Crippen molar-refractivity contribution in [2.45, 2.75) is 13.5 Å². The summed E-state index contributed by atoms with van der Waals surface area (Å²) in [6.07, 6.45) is 3.56. The number of pyridine rings is 1. The van der Waals surface area contributed by atoms with Crippen LogP contribution in [0.4, 0.5) is 0 Å². The number of amides is 1. The Morgan fingerprint density at radius 1 is 1.00 bits per heavy atom. The first-order chi connectivity index (χ1) is 12.6. The molecule has 5 nitrogen and oxygen atoms in total. The average molecular weight is 348 g/mol. The first-order valence-electron chi connectivity index (χ1n) is 8.18. The Hall–Kier alpha value is -3.34. The molecular weight excluding hydrogens is 328 g/mol. The summed E-state index contributed by atoms with van der Waals surface area (Å²) >= 11 is 0. The Bertz CT molecular complexity index is 921. The summed E-state index contributed by atoms with van der Waals surface area (Å²) in [4.78, 5) is 15.7. The molecule has 0 unspecified atom stereocenters. The molecule has 1 aromatic heterocycles. The van der Waals surface area contributed by atoms with Gasteiger partial charge in [0.25, 0.3) is 0 Å². The summed E-state index contributed by atoms with van der Waals surface area (Å²) in [7, 11) is 1.63. The highest BCUT2D eigenvalue weighted by Gasteiger charge is 2.07. The van der Waals surface area contributed by atoms with Crippen molar-refractivity contribution in [3.63, 3.8) is 0 Å². The van der Waals surface area contributed by atoms with Gasteiger partial charge in [-0.1, -0.05) is 12.1 Å². The normalized spacial score (nSPS) is 10.4. The van der Waals surface area contributed by atoms with Crippen LogP contribution in [0.1, 0.15) is 21.5 Å². The summed E-state index contributed by atoms with van der Waals surface area (Å²) in [5.74, 6) is 1.13. The van der Waals surface area contributed by atoms with Crippen molar-refractivity contribution >= 4 is 5.91 Å². The predicted molar refractivity (Wildman–Crippen MR) is 100 cm³/mol. The molecular formula is C21H20N2O3. The molecule has 0 fully saturated rings. The van der Waals surface area contributed by atoms with E-state index in [1.54, 1.807) is 25.6 Å². The molecule has 0 bridgehead atoms. The number of aryl methyl sites for hydroxylation is 1. The first kappa shape index (κ1) is 17.5. The van der Waals surface area contributed by atoms with Crippen molar-refractivity contribution in [1.29, 1.82) is 0 Å². The Morgan fingerprint density at radius 2 is 1.73 bits per heavy atom. The molecule has 1 amide bonds. The fourth-order valence-corrected chi connectivity index (χ4v) is 2.68. The number of nitrogens with zero attached hydrogens (tertiary/aromatic N) is 1. The summed E-state index contributed by atoms with van der Waals surface area (Å²) in [6.45, 7) is 2.28. The van der Waals surface area contributed by atoms with Crippen LogP contribution >= 0.6 is 0 Å². The van der Waals surface area contributed by atoms with E-state index in [9.17, 15) is 4.79 Å². The highest BCUT2D eigenvalue weighted by molar-refractivity contribution is 5.94. The number of aromatic nitrogens is 1. The lowest BCUT2D eigenvalue weighted by Gasteiger charge is -2.09. The van der Waals surface area contributed by atoms with E-state index in [1.807, 2.05) is 49.4 Å². The number of carbonyl (C=O) groups is 1. The van der Waals surface area contributed by atoms with Crippen LogP contribution in [0.25, 0.3) is 11.1 Å². The van der Waals surface area contributed by atoms with Crippen LogP contribution < -0.4 is 15.2 Å². The van der Waals surface area contributed by atoms with Crippen LogP contribution in [0.3, 0.4) is 0 Å². The number of hydrogen-bond donors (Lipinski definition) is 1. The van der Waals surface area contributed by atoms with E-state index < -0.39 is 5.91 Å². The number of ether oxygens (including phenoxy) is 2. The van der Waals surface area contributed by atoms with E-state index >= 15 is 0 Å². The number of primary amides is 1. The first-order valence-corrected chi connectivity index (χ1v) is 8.18. The topological polar surface area (TPSA) is 74.4 Å². The number of rotatable bonds is 6. The smallest absolute Gasteiger partial charge is 0.248 e. The Kier molecular flexibility index (Phi) is 5.17. The summed E-state index contributed by atoms with van der Waals surface area (Å²) in [6, 6.07) is 15.0. The molecule has 0 aliphatic heterocycles. The van der Waals surface area contributed by atoms with Gasteiger partial charge >= 0.3 is 0 Å². The molecule has 2 N–H and O–H groups in total. The molecule has 0 aliphatic rings. The van der Waals surface area contributed by atoms with E-state index in [-0.39, 0.29) is 0 Å². The van der Waals surface area contributed by atoms with Gasteiger partial charge in [-0.05, 0) is 54.4 Å². The van der Waals surface area contributed by atoms with E-state index in [4.69, 9.17) is 15.2 Å². The van der Waals surface area contributed by atoms with Crippen molar-refractivity contribution in [3.8, 4) is 22.6 Å². The number of methoxy groups -OCH3 is 1. The van der Waals surface area contributed by atoms with Gasteiger partial charge in [0.05, 0.1) is 7.11 Å². The van der Waals surface area contributed by atoms with Gasteiger partial charge in [-0.3, -0.25) is 9.78 Å². The van der Waals surface area contributed by atoms with Crippen LogP contribution in [0.2, 0.25) is 0 Å². The number of hydrogen-bond acceptors (Lipinski definition) is 4. The number of benzene rings is 2. The van der Waals surface area contributed by atoms with Gasteiger partial charge in [-0.15, -0.1) is 0 Å². The SMILES string of the molecule is COc1ccc(OCc2cncc(-c3ccc(C(N)=O)c(C)c3)c2)cc1. The van der Waals surface area contributed by atoms with E-state index in [2.05, 4.69) is 4.98 Å². The Labute approximate surface area is 152 Å². The van der Waals surface area contributed by atoms with E-state index in [1.165, 1.54) is 0 Å². The average Bonchev–Trinajstić information content (AvgIpc) is 2.66. The highest BCUT2D eigenvalue weighted by Crippen LogP contribution is 2.23. The summed E-state index contributed by atoms with van der Waals surface area (Å²) in [5.41, 5.74) is 9.63. The minimum atomic E-state index is -0.422. The third-order valence-corrected chi connectivity index (χ3v) is 4.09. The number of carbonyl (C=O) groups excluding carboxylic acids is 1. The third-order valence-electron chi connectivity index (χ3n) is 4.09. The molecule has 3 rings (SSSR count). The third kappa shape index (κ3) is 4.00. The molecule has 26 heavy (non-hydrogen) atoms. The maximum atomic E-state index is 11.4. The van der Waals surface area contributed by atoms with Crippen LogP contribution in [-0.4, -0.2) is 18.0 Å². The van der Waals surface area contributed by atoms with Gasteiger partial charge in [-0.25, -0.2) is 0 Å². The van der Waals surface area contributed by atoms with Gasteiger partial charge < -0.3 is 15.2 Å². The molecule has 3 aromatic rings. The molecule has 0 aliphatic carbocycles. The van der Waals surface area contributed by atoms with Gasteiger partial charge in [0.15, 0.2) is 0 Å². The molecule has 0 saturated heterocycles. The lowest BCUT2D eigenvalue weighted by Crippen LogP contribution is -2.12. The van der Waals surface area contributed by atoms with E-state index in [0.29, 0.717) is 12.2 Å². The molecule has 5 heteroatoms. The quantitative estimate of drug-likeness (QED) is 0.736. The van der Waals surface area contributed by atoms with Crippen LogP contribution in [0, 0.1) is 6.92 Å². The fraction of sp³-hybridized carbons (Fsp3) is 0.143. The van der Waals surface area contributed by atoms with E-state index in [0.717, 1.165) is 33.8 Å². The minimum Gasteiger partial charge on any atom is -0.497 e. The maximum Gasteiger partial charge on any atom is 0.248 e. The lowest BCUT2D eigenvalue weighted by molar-refractivity contribution is 0.0999. The van der Waals surface area contributed by atoms with Gasteiger partial charge in [-0.2, -0.15) is 0 Å². The monoisotopic (exact) mass is 348 g/mol. The molecule has 0 radical (unpaired) electrons. The van der Waals surface area contributed by atoms with Crippen molar-refractivity contribution in [2.75, 3.05) is 7.11 Å². The standard InChI is InChI=1S/C21H20N2O3/c1-14-9-16(3-8-20(14)21(22)24)17-10-15(11-23-12-17)13-26-19-6-4-18(25-2)5-7-19/h3-12H,13H2,1-2H3,(H2,22,24). The Morgan fingerprint density at radius 3 is 2.38 bits per heavy atom. The molecule has 0 spiro atoms. The van der Waals surface area contributed by atoms with Crippen LogP contribution in [-0.2, 0) is 6.61 Å². The van der Waals surface area contributed by atoms with Crippen molar-refractivity contribution in [3.05, 3.63) is 77.6 Å². The van der Waals surface area contributed by atoms with Gasteiger partial charge in [0.2, 0.25) is 5.91 Å². The number of nitrogens with two attached hydrogens (primary N) is 1. The molecule has 132 valence electrons. The summed E-state index contributed by atoms with van der Waals surface area (Å²) in [5, 5.41) is 0. The van der Waals surface area contributed by atoms with Crippen molar-refractivity contribution in [2.24, 2.45) is 5.73 Å². The molecule has 1 heterocycles. The minimum absolute atomic E-state index is 0.408. The molecule has 2 aromatic carbocycles. The van der Waals surface area contributed by atoms with Gasteiger partial charge in [0.1, 0.15) is 18.1 Å². The summed E-state index contributed by atoms with van der Waals surface area (Å²) < 4.78 is 10.9. The zero-order valence-corrected chi connectivity index (χ0v) is 14.7. The molecule has 0 atom stereocenters. The zero-order chi connectivity index (χ0) is 18.5. The zero-order valence-electron chi connectivity index (χ0n) is 14.7. The van der Waals surface area contributed by atoms with Crippen LogP contribution in [0.5, 0.6) is 11.5 Å². The second kappa shape index (κ2) is 7.70. The Balaban J connectivity index is 1.75.